The Morgan fingerprint density at radius 2 is 1.94 bits per heavy atom. The highest BCUT2D eigenvalue weighted by atomic mass is 14.3. The Kier molecular flexibility index (Phi) is 2.97. The van der Waals surface area contributed by atoms with Crippen LogP contribution in [0.25, 0.3) is 0 Å². The highest BCUT2D eigenvalue weighted by Gasteiger charge is 2.22. The maximum atomic E-state index is 5.58. The molecule has 0 heteroatoms. The lowest BCUT2D eigenvalue weighted by Gasteiger charge is -2.10. The van der Waals surface area contributed by atoms with E-state index in [0.29, 0.717) is 5.92 Å². The van der Waals surface area contributed by atoms with Gasteiger partial charge < -0.3 is 0 Å². The molecule has 0 aromatic heterocycles. The molecule has 0 N–H and O–H groups in total. The van der Waals surface area contributed by atoms with Gasteiger partial charge in [0, 0.05) is 11.5 Å². The predicted molar refractivity (Wildman–Crippen MR) is 69.1 cm³/mol. The number of benzene rings is 1. The molecule has 0 spiro atoms. The quantitative estimate of drug-likeness (QED) is 0.643. The normalized spacial score (nSPS) is 19.6. The second kappa shape index (κ2) is 4.41. The van der Waals surface area contributed by atoms with Gasteiger partial charge in [-0.2, -0.15) is 0 Å². The minimum absolute atomic E-state index is 0.377. The van der Waals surface area contributed by atoms with E-state index in [1.807, 2.05) is 6.07 Å². The van der Waals surface area contributed by atoms with Gasteiger partial charge in [0.25, 0.3) is 0 Å². The molecular formula is C16H16. The van der Waals surface area contributed by atoms with Crippen LogP contribution in [0.15, 0.2) is 53.1 Å². The lowest BCUT2D eigenvalue weighted by molar-refractivity contribution is 1.01. The monoisotopic (exact) mass is 208 g/mol. The van der Waals surface area contributed by atoms with Crippen LogP contribution < -0.4 is 0 Å². The van der Waals surface area contributed by atoms with Crippen molar-refractivity contribution in [3.8, 4) is 12.3 Å². The first-order valence-electron chi connectivity index (χ1n) is 5.71. The van der Waals surface area contributed by atoms with Gasteiger partial charge in [0.2, 0.25) is 0 Å². The van der Waals surface area contributed by atoms with Crippen molar-refractivity contribution in [1.82, 2.24) is 0 Å². The van der Waals surface area contributed by atoms with Crippen LogP contribution in [0.2, 0.25) is 0 Å². The van der Waals surface area contributed by atoms with Gasteiger partial charge in [-0.25, -0.2) is 0 Å². The first kappa shape index (κ1) is 10.8. The van der Waals surface area contributed by atoms with E-state index in [0.717, 1.165) is 12.0 Å². The zero-order valence-corrected chi connectivity index (χ0v) is 9.83. The lowest BCUT2D eigenvalue weighted by Crippen LogP contribution is -1.93. The van der Waals surface area contributed by atoms with Crippen LogP contribution in [-0.2, 0) is 0 Å². The molecule has 0 saturated carbocycles. The Balaban J connectivity index is 2.44. The summed E-state index contributed by atoms with van der Waals surface area (Å²) in [6, 6.07) is 10.5. The number of rotatable bonds is 2. The fourth-order valence-corrected chi connectivity index (χ4v) is 2.33. The van der Waals surface area contributed by atoms with Crippen LogP contribution in [0.4, 0.5) is 0 Å². The summed E-state index contributed by atoms with van der Waals surface area (Å²) in [5.74, 6) is 3.20. The topological polar surface area (TPSA) is 0 Å². The van der Waals surface area contributed by atoms with E-state index in [-0.39, 0.29) is 0 Å². The van der Waals surface area contributed by atoms with Gasteiger partial charge in [-0.3, -0.25) is 0 Å². The molecule has 2 rings (SSSR count). The third-order valence-corrected chi connectivity index (χ3v) is 3.23. The Morgan fingerprint density at radius 1 is 1.25 bits per heavy atom. The fraction of sp³-hybridized carbons (Fsp3) is 0.250. The molecule has 0 saturated heterocycles. The van der Waals surface area contributed by atoms with Crippen molar-refractivity contribution in [2.45, 2.75) is 26.2 Å². The highest BCUT2D eigenvalue weighted by molar-refractivity contribution is 5.57. The molecule has 1 aromatic rings. The highest BCUT2D eigenvalue weighted by Crippen LogP contribution is 2.38. The van der Waals surface area contributed by atoms with Crippen molar-refractivity contribution < 1.29 is 0 Å². The van der Waals surface area contributed by atoms with E-state index < -0.39 is 0 Å². The average molecular weight is 208 g/mol. The molecule has 80 valence electrons. The average Bonchev–Trinajstić information content (AvgIpc) is 2.66. The fourth-order valence-electron chi connectivity index (χ4n) is 2.33. The van der Waals surface area contributed by atoms with Gasteiger partial charge in [-0.1, -0.05) is 49.3 Å². The summed E-state index contributed by atoms with van der Waals surface area (Å²) >= 11 is 0. The molecule has 16 heavy (non-hydrogen) atoms. The van der Waals surface area contributed by atoms with Crippen LogP contribution in [0, 0.1) is 12.3 Å². The van der Waals surface area contributed by atoms with Crippen molar-refractivity contribution in [3.05, 3.63) is 58.7 Å². The van der Waals surface area contributed by atoms with Gasteiger partial charge in [-0.05, 0) is 30.1 Å². The summed E-state index contributed by atoms with van der Waals surface area (Å²) < 4.78 is 0. The zero-order valence-electron chi connectivity index (χ0n) is 9.83. The van der Waals surface area contributed by atoms with E-state index in [9.17, 15) is 0 Å². The van der Waals surface area contributed by atoms with Crippen LogP contribution in [0.5, 0.6) is 0 Å². The molecule has 1 atom stereocenters. The third-order valence-electron chi connectivity index (χ3n) is 3.23. The summed E-state index contributed by atoms with van der Waals surface area (Å²) in [4.78, 5) is 0. The Morgan fingerprint density at radius 3 is 2.44 bits per heavy atom. The second-order valence-electron chi connectivity index (χ2n) is 4.14. The molecule has 0 radical (unpaired) electrons. The van der Waals surface area contributed by atoms with Gasteiger partial charge in [0.15, 0.2) is 0 Å². The van der Waals surface area contributed by atoms with E-state index in [1.54, 1.807) is 0 Å². The van der Waals surface area contributed by atoms with Gasteiger partial charge in [0.1, 0.15) is 0 Å². The molecule has 1 aliphatic carbocycles. The Bertz CT molecular complexity index is 481. The van der Waals surface area contributed by atoms with Crippen LogP contribution in [0.1, 0.15) is 31.7 Å². The van der Waals surface area contributed by atoms with E-state index in [4.69, 9.17) is 6.42 Å². The van der Waals surface area contributed by atoms with Crippen molar-refractivity contribution >= 4 is 0 Å². The van der Waals surface area contributed by atoms with Crippen molar-refractivity contribution in [2.75, 3.05) is 0 Å². The van der Waals surface area contributed by atoms with E-state index in [1.165, 1.54) is 16.7 Å². The van der Waals surface area contributed by atoms with Crippen LogP contribution in [-0.4, -0.2) is 0 Å². The molecule has 0 heterocycles. The predicted octanol–water partition coefficient (Wildman–Crippen LogP) is 4.07. The number of hydrogen-bond donors (Lipinski definition) is 0. The van der Waals surface area contributed by atoms with Crippen LogP contribution in [0.3, 0.4) is 0 Å². The molecule has 0 nitrogen and oxygen atoms in total. The maximum absolute atomic E-state index is 5.58. The Hall–Kier alpha value is -1.74. The summed E-state index contributed by atoms with van der Waals surface area (Å²) in [5, 5.41) is 0. The standard InChI is InChI=1S/C16H16/c1-4-13-11-16(12(3)15(13)5-2)14-9-7-6-8-10-14/h2,6-11,16H,4H2,1,3H3. The van der Waals surface area contributed by atoms with Gasteiger partial charge in [-0.15, -0.1) is 6.42 Å². The molecule has 0 bridgehead atoms. The van der Waals surface area contributed by atoms with Gasteiger partial charge in [0.05, 0.1) is 0 Å². The molecule has 0 amide bonds. The molecular weight excluding hydrogens is 192 g/mol. The first-order valence-corrected chi connectivity index (χ1v) is 5.71. The van der Waals surface area contributed by atoms with Gasteiger partial charge >= 0.3 is 0 Å². The van der Waals surface area contributed by atoms with Crippen molar-refractivity contribution in [2.24, 2.45) is 0 Å². The first-order chi connectivity index (χ1) is 7.77. The molecule has 1 aromatic carbocycles. The minimum Gasteiger partial charge on any atom is -0.115 e. The summed E-state index contributed by atoms with van der Waals surface area (Å²) in [6.07, 6.45) is 8.90. The molecule has 0 fully saturated rings. The minimum atomic E-state index is 0.377. The smallest absolute Gasteiger partial charge is 0.0270 e. The summed E-state index contributed by atoms with van der Waals surface area (Å²) in [6.45, 7) is 4.30. The number of allylic oxidation sites excluding steroid dienone is 4. The van der Waals surface area contributed by atoms with Crippen LogP contribution >= 0.6 is 0 Å². The van der Waals surface area contributed by atoms with E-state index in [2.05, 4.69) is 50.1 Å². The molecule has 1 aliphatic rings. The lowest BCUT2D eigenvalue weighted by atomic mass is 9.94. The van der Waals surface area contributed by atoms with E-state index >= 15 is 0 Å². The largest absolute Gasteiger partial charge is 0.115 e. The summed E-state index contributed by atoms with van der Waals surface area (Å²) in [7, 11) is 0. The Labute approximate surface area is 97.7 Å². The van der Waals surface area contributed by atoms with Crippen molar-refractivity contribution in [1.29, 1.82) is 0 Å². The molecule has 1 unspecified atom stereocenters. The van der Waals surface area contributed by atoms with Crippen molar-refractivity contribution in [3.63, 3.8) is 0 Å². The second-order valence-corrected chi connectivity index (χ2v) is 4.14. The summed E-state index contributed by atoms with van der Waals surface area (Å²) in [5.41, 5.74) is 5.06. The number of terminal acetylenes is 1. The SMILES string of the molecule is C#CC1=C(C)C(c2ccccc2)C=C1CC. The third kappa shape index (κ3) is 1.70. The zero-order chi connectivity index (χ0) is 11.5. The molecule has 0 aliphatic heterocycles. The number of hydrogen-bond acceptors (Lipinski definition) is 0. The maximum Gasteiger partial charge on any atom is 0.0270 e.